The predicted octanol–water partition coefficient (Wildman–Crippen LogP) is 3.56. The average molecular weight is 273 g/mol. The molecule has 0 spiro atoms. The third-order valence-electron chi connectivity index (χ3n) is 3.06. The van der Waals surface area contributed by atoms with Gasteiger partial charge in [0, 0.05) is 31.4 Å². The molecule has 1 rings (SSSR count). The van der Waals surface area contributed by atoms with Gasteiger partial charge >= 0.3 is 0 Å². The number of hydrogen-bond donors (Lipinski definition) is 1. The predicted molar refractivity (Wildman–Crippen MR) is 82.7 cm³/mol. The lowest BCUT2D eigenvalue weighted by atomic mass is 10.2. The zero-order chi connectivity index (χ0) is 14.8. The Labute approximate surface area is 121 Å². The van der Waals surface area contributed by atoms with E-state index in [1.807, 2.05) is 24.3 Å². The summed E-state index contributed by atoms with van der Waals surface area (Å²) in [6, 6.07) is 9.98. The Hall–Kier alpha value is -2.02. The molecule has 0 aliphatic rings. The number of unbranched alkanes of at least 4 members (excludes halogenated alkanes) is 2. The number of nitrogens with zero attached hydrogens (tertiary/aromatic N) is 2. The van der Waals surface area contributed by atoms with Crippen LogP contribution in [-0.4, -0.2) is 19.0 Å². The largest absolute Gasteiger partial charge is 0.370 e. The van der Waals surface area contributed by atoms with Gasteiger partial charge < -0.3 is 10.2 Å². The quantitative estimate of drug-likeness (QED) is 0.737. The molecular weight excluding hydrogens is 250 g/mol. The van der Waals surface area contributed by atoms with E-state index >= 15 is 0 Å². The second kappa shape index (κ2) is 8.98. The molecule has 0 aliphatic carbocycles. The molecule has 0 fully saturated rings. The van der Waals surface area contributed by atoms with Crippen molar-refractivity contribution >= 4 is 17.3 Å². The van der Waals surface area contributed by atoms with Crippen LogP contribution in [0.1, 0.15) is 39.5 Å². The highest BCUT2D eigenvalue weighted by Gasteiger charge is 2.07. The molecule has 0 radical (unpaired) electrons. The Morgan fingerprint density at radius 1 is 1.35 bits per heavy atom. The Balaban J connectivity index is 2.77. The molecule has 0 aromatic heterocycles. The van der Waals surface area contributed by atoms with Gasteiger partial charge in [0.15, 0.2) is 0 Å². The van der Waals surface area contributed by atoms with Crippen LogP contribution in [0.4, 0.5) is 11.4 Å². The molecule has 1 amide bonds. The van der Waals surface area contributed by atoms with Gasteiger partial charge in [-0.05, 0) is 24.6 Å². The third-order valence-corrected chi connectivity index (χ3v) is 3.06. The molecular formula is C16H23N3O. The summed E-state index contributed by atoms with van der Waals surface area (Å²) < 4.78 is 0. The van der Waals surface area contributed by atoms with Crippen molar-refractivity contribution in [2.45, 2.75) is 39.5 Å². The van der Waals surface area contributed by atoms with Crippen LogP contribution >= 0.6 is 0 Å². The van der Waals surface area contributed by atoms with E-state index in [2.05, 4.69) is 23.2 Å². The van der Waals surface area contributed by atoms with Crippen molar-refractivity contribution in [2.75, 3.05) is 23.3 Å². The normalized spacial score (nSPS) is 9.85. The Bertz CT molecular complexity index is 465. The molecule has 1 aromatic rings. The molecule has 4 heteroatoms. The molecule has 4 nitrogen and oxygen atoms in total. The first-order valence-corrected chi connectivity index (χ1v) is 7.17. The highest BCUT2D eigenvalue weighted by molar-refractivity contribution is 5.89. The fraction of sp³-hybridized carbons (Fsp3) is 0.500. The fourth-order valence-corrected chi connectivity index (χ4v) is 2.09. The van der Waals surface area contributed by atoms with Crippen LogP contribution in [0.3, 0.4) is 0 Å². The zero-order valence-corrected chi connectivity index (χ0v) is 12.4. The second-order valence-corrected chi connectivity index (χ2v) is 4.83. The molecule has 1 N–H and O–H groups in total. The number of anilines is 2. The van der Waals surface area contributed by atoms with E-state index in [-0.39, 0.29) is 5.91 Å². The molecule has 0 unspecified atom stereocenters. The van der Waals surface area contributed by atoms with Crippen molar-refractivity contribution in [3.05, 3.63) is 24.3 Å². The molecule has 1 aromatic carbocycles. The first kappa shape index (κ1) is 16.0. The lowest BCUT2D eigenvalue weighted by Gasteiger charge is -2.24. The first-order valence-electron chi connectivity index (χ1n) is 7.17. The minimum atomic E-state index is -0.0725. The molecule has 0 saturated carbocycles. The van der Waals surface area contributed by atoms with Crippen LogP contribution in [0.25, 0.3) is 0 Å². The number of amides is 1. The number of nitriles is 1. The van der Waals surface area contributed by atoms with E-state index < -0.39 is 0 Å². The van der Waals surface area contributed by atoms with Gasteiger partial charge in [0.1, 0.15) is 0 Å². The Kier molecular flexibility index (Phi) is 7.20. The topological polar surface area (TPSA) is 56.1 Å². The zero-order valence-electron chi connectivity index (χ0n) is 12.4. The second-order valence-electron chi connectivity index (χ2n) is 4.83. The Morgan fingerprint density at radius 2 is 2.15 bits per heavy atom. The number of carbonyl (C=O) groups excluding carboxylic acids is 1. The fourth-order valence-electron chi connectivity index (χ4n) is 2.09. The summed E-state index contributed by atoms with van der Waals surface area (Å²) in [6.07, 6.45) is 4.00. The highest BCUT2D eigenvalue weighted by atomic mass is 16.1. The molecule has 108 valence electrons. The SMILES string of the molecule is CCCCCN(CCC#N)c1cccc(NC(C)=O)c1. The monoisotopic (exact) mass is 273 g/mol. The lowest BCUT2D eigenvalue weighted by molar-refractivity contribution is -0.114. The van der Waals surface area contributed by atoms with Gasteiger partial charge in [-0.15, -0.1) is 0 Å². The summed E-state index contributed by atoms with van der Waals surface area (Å²) in [6.45, 7) is 5.35. The van der Waals surface area contributed by atoms with Gasteiger partial charge in [0.05, 0.1) is 12.5 Å². The maximum absolute atomic E-state index is 11.1. The van der Waals surface area contributed by atoms with E-state index in [0.717, 1.165) is 30.9 Å². The van der Waals surface area contributed by atoms with Gasteiger partial charge in [-0.25, -0.2) is 0 Å². The maximum Gasteiger partial charge on any atom is 0.221 e. The summed E-state index contributed by atoms with van der Waals surface area (Å²) >= 11 is 0. The number of nitrogens with one attached hydrogen (secondary N) is 1. The van der Waals surface area contributed by atoms with Gasteiger partial charge in [0.2, 0.25) is 5.91 Å². The lowest BCUT2D eigenvalue weighted by Crippen LogP contribution is -2.25. The average Bonchev–Trinajstić information content (AvgIpc) is 2.42. The summed E-state index contributed by atoms with van der Waals surface area (Å²) in [5.41, 5.74) is 1.86. The highest BCUT2D eigenvalue weighted by Crippen LogP contribution is 2.20. The molecule has 0 bridgehead atoms. The maximum atomic E-state index is 11.1. The summed E-state index contributed by atoms with van der Waals surface area (Å²) in [5.74, 6) is -0.0725. The van der Waals surface area contributed by atoms with E-state index in [4.69, 9.17) is 5.26 Å². The molecule has 0 aliphatic heterocycles. The van der Waals surface area contributed by atoms with Crippen LogP contribution in [-0.2, 0) is 4.79 Å². The third kappa shape index (κ3) is 5.75. The molecule has 20 heavy (non-hydrogen) atoms. The van der Waals surface area contributed by atoms with E-state index in [1.165, 1.54) is 19.8 Å². The van der Waals surface area contributed by atoms with Crippen molar-refractivity contribution in [1.82, 2.24) is 0 Å². The summed E-state index contributed by atoms with van der Waals surface area (Å²) in [5, 5.41) is 11.6. The molecule has 0 saturated heterocycles. The number of carbonyl (C=O) groups is 1. The van der Waals surface area contributed by atoms with Crippen molar-refractivity contribution in [3.8, 4) is 6.07 Å². The minimum Gasteiger partial charge on any atom is -0.370 e. The van der Waals surface area contributed by atoms with Gasteiger partial charge in [-0.2, -0.15) is 5.26 Å². The number of benzene rings is 1. The van der Waals surface area contributed by atoms with Gasteiger partial charge in [-0.3, -0.25) is 4.79 Å². The van der Waals surface area contributed by atoms with Crippen LogP contribution in [0, 0.1) is 11.3 Å². The van der Waals surface area contributed by atoms with Gasteiger partial charge in [0.25, 0.3) is 0 Å². The molecule has 0 atom stereocenters. The Morgan fingerprint density at radius 3 is 2.80 bits per heavy atom. The van der Waals surface area contributed by atoms with E-state index in [9.17, 15) is 4.79 Å². The number of rotatable bonds is 8. The van der Waals surface area contributed by atoms with Crippen molar-refractivity contribution in [3.63, 3.8) is 0 Å². The minimum absolute atomic E-state index is 0.0725. The van der Waals surface area contributed by atoms with Crippen molar-refractivity contribution in [2.24, 2.45) is 0 Å². The van der Waals surface area contributed by atoms with Gasteiger partial charge in [-0.1, -0.05) is 25.8 Å². The van der Waals surface area contributed by atoms with Crippen LogP contribution in [0.15, 0.2) is 24.3 Å². The summed E-state index contributed by atoms with van der Waals surface area (Å²) in [7, 11) is 0. The van der Waals surface area contributed by atoms with Crippen LogP contribution in [0.2, 0.25) is 0 Å². The van der Waals surface area contributed by atoms with Crippen LogP contribution < -0.4 is 10.2 Å². The van der Waals surface area contributed by atoms with Crippen molar-refractivity contribution < 1.29 is 4.79 Å². The van der Waals surface area contributed by atoms with E-state index in [1.54, 1.807) is 0 Å². The van der Waals surface area contributed by atoms with Crippen LogP contribution in [0.5, 0.6) is 0 Å². The smallest absolute Gasteiger partial charge is 0.221 e. The number of hydrogen-bond acceptors (Lipinski definition) is 3. The van der Waals surface area contributed by atoms with E-state index in [0.29, 0.717) is 6.42 Å². The molecule has 0 heterocycles. The summed E-state index contributed by atoms with van der Waals surface area (Å²) in [4.78, 5) is 13.3. The van der Waals surface area contributed by atoms with Crippen molar-refractivity contribution in [1.29, 1.82) is 5.26 Å². The standard InChI is InChI=1S/C16H23N3O/c1-3-4-5-11-19(12-7-10-17)16-9-6-8-15(13-16)18-14(2)20/h6,8-9,13H,3-5,7,11-12H2,1-2H3,(H,18,20). The first-order chi connectivity index (χ1) is 9.67.